The van der Waals surface area contributed by atoms with Crippen molar-refractivity contribution in [2.24, 2.45) is 0 Å². The van der Waals surface area contributed by atoms with Crippen molar-refractivity contribution in [1.82, 2.24) is 15.3 Å². The van der Waals surface area contributed by atoms with Crippen molar-refractivity contribution < 1.29 is 19.1 Å². The minimum absolute atomic E-state index is 0.105. The summed E-state index contributed by atoms with van der Waals surface area (Å²) in [5.41, 5.74) is 0.628. The van der Waals surface area contributed by atoms with Gasteiger partial charge in [0.1, 0.15) is 15.6 Å². The molecule has 1 fully saturated rings. The molecule has 0 bridgehead atoms. The lowest BCUT2D eigenvalue weighted by Gasteiger charge is -2.10. The first-order valence-corrected chi connectivity index (χ1v) is 7.44. The van der Waals surface area contributed by atoms with E-state index in [4.69, 9.17) is 4.74 Å². The molecule has 22 heavy (non-hydrogen) atoms. The van der Waals surface area contributed by atoms with Crippen LogP contribution >= 0.6 is 11.3 Å². The molecule has 0 aliphatic carbocycles. The molecule has 1 saturated heterocycles. The molecule has 3 heterocycles. The van der Waals surface area contributed by atoms with Crippen LogP contribution in [0.2, 0.25) is 0 Å². The van der Waals surface area contributed by atoms with E-state index in [2.05, 4.69) is 20.0 Å². The van der Waals surface area contributed by atoms with Gasteiger partial charge >= 0.3 is 5.97 Å². The van der Waals surface area contributed by atoms with Gasteiger partial charge in [-0.25, -0.2) is 14.8 Å². The largest absolute Gasteiger partial charge is 0.479 e. The van der Waals surface area contributed by atoms with Crippen molar-refractivity contribution in [1.29, 1.82) is 0 Å². The van der Waals surface area contributed by atoms with E-state index in [1.165, 1.54) is 24.6 Å². The fourth-order valence-electron chi connectivity index (χ4n) is 2.01. The van der Waals surface area contributed by atoms with Gasteiger partial charge in [0.15, 0.2) is 6.10 Å². The van der Waals surface area contributed by atoms with E-state index in [-0.39, 0.29) is 5.91 Å². The number of amides is 1. The molecule has 1 atom stereocenters. The zero-order valence-corrected chi connectivity index (χ0v) is 12.6. The van der Waals surface area contributed by atoms with Crippen molar-refractivity contribution in [2.75, 3.05) is 13.7 Å². The van der Waals surface area contributed by atoms with Gasteiger partial charge in [-0.1, -0.05) is 0 Å². The smallest absolute Gasteiger partial charge is 0.349 e. The van der Waals surface area contributed by atoms with Crippen molar-refractivity contribution >= 4 is 23.2 Å². The van der Waals surface area contributed by atoms with Crippen molar-refractivity contribution in [3.8, 4) is 16.5 Å². The lowest BCUT2D eigenvalue weighted by Crippen LogP contribution is -2.27. The zero-order valence-electron chi connectivity index (χ0n) is 11.7. The Hall–Kier alpha value is -2.48. The predicted molar refractivity (Wildman–Crippen MR) is 78.7 cm³/mol. The third-order valence-corrected chi connectivity index (χ3v) is 4.12. The average Bonchev–Trinajstić information content (AvgIpc) is 3.17. The lowest BCUT2D eigenvalue weighted by molar-refractivity contribution is -0.124. The van der Waals surface area contributed by atoms with Crippen LogP contribution in [0, 0.1) is 0 Å². The number of pyridine rings is 1. The minimum atomic E-state index is -0.460. The van der Waals surface area contributed by atoms with Crippen molar-refractivity contribution in [2.45, 2.75) is 12.5 Å². The monoisotopic (exact) mass is 319 g/mol. The summed E-state index contributed by atoms with van der Waals surface area (Å²) >= 11 is 1.20. The highest BCUT2D eigenvalue weighted by Crippen LogP contribution is 2.25. The number of carbonyl (C=O) groups is 2. The first-order valence-electron chi connectivity index (χ1n) is 6.62. The molecule has 1 unspecified atom stereocenters. The van der Waals surface area contributed by atoms with Crippen molar-refractivity contribution in [3.05, 3.63) is 29.4 Å². The summed E-state index contributed by atoms with van der Waals surface area (Å²) in [5.74, 6) is -0.00165. The quantitative estimate of drug-likeness (QED) is 0.853. The summed E-state index contributed by atoms with van der Waals surface area (Å²) in [5, 5.41) is 3.33. The second-order valence-corrected chi connectivity index (χ2v) is 5.62. The Kier molecular flexibility index (Phi) is 4.01. The van der Waals surface area contributed by atoms with Crippen LogP contribution in [-0.2, 0) is 9.53 Å². The molecule has 0 aromatic carbocycles. The van der Waals surface area contributed by atoms with Crippen LogP contribution in [0.1, 0.15) is 16.1 Å². The Morgan fingerprint density at radius 2 is 2.23 bits per heavy atom. The number of nitrogens with zero attached hydrogens (tertiary/aromatic N) is 2. The number of aromatic nitrogens is 2. The third kappa shape index (κ3) is 2.91. The molecular formula is C14H13N3O4S. The van der Waals surface area contributed by atoms with E-state index >= 15 is 0 Å². The summed E-state index contributed by atoms with van der Waals surface area (Å²) in [6, 6.07) is 3.47. The molecule has 0 radical (unpaired) electrons. The van der Waals surface area contributed by atoms with E-state index in [0.717, 1.165) is 0 Å². The normalized spacial score (nSPS) is 17.1. The van der Waals surface area contributed by atoms with E-state index in [0.29, 0.717) is 34.3 Å². The zero-order chi connectivity index (χ0) is 15.5. The van der Waals surface area contributed by atoms with Crippen LogP contribution in [0.25, 0.3) is 10.7 Å². The third-order valence-electron chi connectivity index (χ3n) is 3.12. The summed E-state index contributed by atoms with van der Waals surface area (Å²) in [6.07, 6.45) is 3.19. The van der Waals surface area contributed by atoms with Crippen LogP contribution in [-0.4, -0.2) is 41.6 Å². The fourth-order valence-corrected chi connectivity index (χ4v) is 2.82. The molecule has 0 spiro atoms. The highest BCUT2D eigenvalue weighted by Gasteiger charge is 2.25. The van der Waals surface area contributed by atoms with Gasteiger partial charge in [-0.15, -0.1) is 11.3 Å². The number of ether oxygens (including phenoxy) is 2. The second kappa shape index (κ2) is 6.10. The highest BCUT2D eigenvalue weighted by molar-refractivity contribution is 7.16. The van der Waals surface area contributed by atoms with Crippen LogP contribution in [0.15, 0.2) is 24.5 Å². The number of rotatable bonds is 4. The maximum atomic E-state index is 11.5. The molecule has 0 saturated carbocycles. The van der Waals surface area contributed by atoms with Crippen LogP contribution < -0.4 is 10.1 Å². The number of carbonyl (C=O) groups excluding carboxylic acids is 2. The number of esters is 1. The first kappa shape index (κ1) is 14.5. The van der Waals surface area contributed by atoms with Crippen LogP contribution in [0.5, 0.6) is 5.75 Å². The number of thiazole rings is 1. The maximum absolute atomic E-state index is 11.5. The fraction of sp³-hybridized carbons (Fsp3) is 0.286. The molecule has 3 rings (SSSR count). The molecule has 1 aliphatic heterocycles. The van der Waals surface area contributed by atoms with Crippen LogP contribution in [0.3, 0.4) is 0 Å². The standard InChI is InChI=1S/C14H13N3O4S/c1-20-14(19)11-7-17-13(22-11)9-3-2-8(6-16-9)21-10-4-5-15-12(10)18/h2-3,6-7,10H,4-5H2,1H3,(H,15,18). The number of hydrogen-bond donors (Lipinski definition) is 1. The molecule has 114 valence electrons. The lowest BCUT2D eigenvalue weighted by atomic mass is 10.3. The summed E-state index contributed by atoms with van der Waals surface area (Å²) in [7, 11) is 1.32. The molecule has 2 aromatic rings. The number of hydrogen-bond acceptors (Lipinski definition) is 7. The second-order valence-electron chi connectivity index (χ2n) is 4.59. The summed E-state index contributed by atoms with van der Waals surface area (Å²) in [4.78, 5) is 31.7. The number of methoxy groups -OCH3 is 1. The Morgan fingerprint density at radius 3 is 2.86 bits per heavy atom. The molecule has 1 amide bonds. The van der Waals surface area contributed by atoms with Crippen molar-refractivity contribution in [3.63, 3.8) is 0 Å². The van der Waals surface area contributed by atoms with Crippen LogP contribution in [0.4, 0.5) is 0 Å². The maximum Gasteiger partial charge on any atom is 0.349 e. The Bertz CT molecular complexity index is 698. The first-order chi connectivity index (χ1) is 10.7. The van der Waals surface area contributed by atoms with E-state index in [9.17, 15) is 9.59 Å². The predicted octanol–water partition coefficient (Wildman–Crippen LogP) is 1.26. The summed E-state index contributed by atoms with van der Waals surface area (Å²) < 4.78 is 10.2. The Balaban J connectivity index is 1.72. The van der Waals surface area contributed by atoms with Gasteiger partial charge in [0.2, 0.25) is 0 Å². The topological polar surface area (TPSA) is 90.4 Å². The molecule has 8 heteroatoms. The minimum Gasteiger partial charge on any atom is -0.479 e. The number of nitrogens with one attached hydrogen (secondary N) is 1. The van der Waals surface area contributed by atoms with Gasteiger partial charge in [-0.2, -0.15) is 0 Å². The van der Waals surface area contributed by atoms with E-state index in [1.54, 1.807) is 18.3 Å². The van der Waals surface area contributed by atoms with E-state index in [1.807, 2.05) is 0 Å². The molecule has 7 nitrogen and oxygen atoms in total. The Morgan fingerprint density at radius 1 is 1.36 bits per heavy atom. The Labute approximate surface area is 130 Å². The van der Waals surface area contributed by atoms with Gasteiger partial charge in [-0.3, -0.25) is 4.79 Å². The molecule has 1 N–H and O–H groups in total. The van der Waals surface area contributed by atoms with Gasteiger partial charge in [-0.05, 0) is 12.1 Å². The van der Waals surface area contributed by atoms with Gasteiger partial charge in [0, 0.05) is 13.0 Å². The average molecular weight is 319 g/mol. The molecule has 2 aromatic heterocycles. The van der Waals surface area contributed by atoms with Gasteiger partial charge in [0.25, 0.3) is 5.91 Å². The van der Waals surface area contributed by atoms with Gasteiger partial charge < -0.3 is 14.8 Å². The SMILES string of the molecule is COC(=O)c1cnc(-c2ccc(OC3CCNC3=O)cn2)s1. The van der Waals surface area contributed by atoms with Gasteiger partial charge in [0.05, 0.1) is 25.2 Å². The molecule has 1 aliphatic rings. The highest BCUT2D eigenvalue weighted by atomic mass is 32.1. The molecular weight excluding hydrogens is 306 g/mol. The van der Waals surface area contributed by atoms with E-state index < -0.39 is 12.1 Å². The summed E-state index contributed by atoms with van der Waals surface area (Å²) in [6.45, 7) is 0.629.